The minimum atomic E-state index is -1.58. The summed E-state index contributed by atoms with van der Waals surface area (Å²) in [6.07, 6.45) is 7.42. The van der Waals surface area contributed by atoms with E-state index in [4.69, 9.17) is 0 Å². The Balaban J connectivity index is 1.37. The molecule has 1 aromatic heterocycles. The number of hydrogen-bond acceptors (Lipinski definition) is 5. The predicted molar refractivity (Wildman–Crippen MR) is 128 cm³/mol. The highest BCUT2D eigenvalue weighted by Gasteiger charge is 2.68. The van der Waals surface area contributed by atoms with E-state index in [9.17, 15) is 24.5 Å². The number of ketones is 1. The zero-order valence-corrected chi connectivity index (χ0v) is 20.2. The van der Waals surface area contributed by atoms with Crippen molar-refractivity contribution in [2.75, 3.05) is 6.61 Å². The monoisotopic (exact) mass is 480 g/mol. The average Bonchev–Trinajstić information content (AvgIpc) is 3.35. The van der Waals surface area contributed by atoms with Gasteiger partial charge in [0, 0.05) is 5.41 Å². The van der Waals surface area contributed by atoms with Crippen LogP contribution in [0.15, 0.2) is 36.0 Å². The Morgan fingerprint density at radius 3 is 2.69 bits per heavy atom. The van der Waals surface area contributed by atoms with Crippen LogP contribution in [0, 0.1) is 34.4 Å². The van der Waals surface area contributed by atoms with Gasteiger partial charge in [-0.1, -0.05) is 19.4 Å². The molecule has 186 valence electrons. The van der Waals surface area contributed by atoms with Crippen molar-refractivity contribution >= 4 is 11.9 Å². The Kier molecular flexibility index (Phi) is 4.99. The fourth-order valence-electron chi connectivity index (χ4n) is 8.57. The molecule has 6 rings (SSSR count). The molecule has 3 N–H and O–H groups in total. The van der Waals surface area contributed by atoms with Gasteiger partial charge in [0.2, 0.25) is 0 Å². The van der Waals surface area contributed by atoms with Gasteiger partial charge in [0.1, 0.15) is 18.0 Å². The van der Waals surface area contributed by atoms with Crippen LogP contribution in [0.3, 0.4) is 0 Å². The van der Waals surface area contributed by atoms with Gasteiger partial charge in [-0.3, -0.25) is 4.79 Å². The molecule has 4 aliphatic rings. The molecule has 2 aromatic rings. The number of nitrogens with zero attached hydrogens (tertiary/aromatic N) is 2. The van der Waals surface area contributed by atoms with E-state index in [0.717, 1.165) is 42.6 Å². The summed E-state index contributed by atoms with van der Waals surface area (Å²) in [4.78, 5) is 12.6. The van der Waals surface area contributed by atoms with Crippen LogP contribution in [0.2, 0.25) is 0 Å². The van der Waals surface area contributed by atoms with E-state index in [-0.39, 0.29) is 29.0 Å². The van der Waals surface area contributed by atoms with Crippen LogP contribution in [-0.4, -0.2) is 49.2 Å². The van der Waals surface area contributed by atoms with Crippen LogP contribution in [0.1, 0.15) is 57.2 Å². The van der Waals surface area contributed by atoms with Gasteiger partial charge in [-0.15, -0.1) is 0 Å². The molecule has 1 heterocycles. The van der Waals surface area contributed by atoms with Crippen molar-refractivity contribution in [1.82, 2.24) is 9.78 Å². The average molecular weight is 481 g/mol. The van der Waals surface area contributed by atoms with Gasteiger partial charge in [0.05, 0.1) is 23.7 Å². The molecule has 35 heavy (non-hydrogen) atoms. The van der Waals surface area contributed by atoms with E-state index >= 15 is 0 Å². The molecule has 0 amide bonds. The fraction of sp³-hybridized carbons (Fsp3) is 0.571. The van der Waals surface area contributed by atoms with Gasteiger partial charge < -0.3 is 15.3 Å². The number of carbonyl (C=O) groups excluding carboxylic acids is 1. The van der Waals surface area contributed by atoms with Crippen molar-refractivity contribution in [2.45, 2.75) is 64.1 Å². The Morgan fingerprint density at radius 1 is 1.23 bits per heavy atom. The maximum atomic E-state index is 13.5. The minimum Gasteiger partial charge on any atom is -0.393 e. The van der Waals surface area contributed by atoms with E-state index in [0.29, 0.717) is 12.8 Å². The van der Waals surface area contributed by atoms with Gasteiger partial charge >= 0.3 is 0 Å². The van der Waals surface area contributed by atoms with Gasteiger partial charge in [0.15, 0.2) is 5.78 Å². The number of carbonyl (C=O) groups is 1. The summed E-state index contributed by atoms with van der Waals surface area (Å²) in [5.74, 6) is -0.462. The first kappa shape index (κ1) is 23.1. The third-order valence-corrected chi connectivity index (χ3v) is 10.3. The number of Topliss-reactive ketones (excluding diaryl/α,β-unsaturated/α-hetero) is 1. The van der Waals surface area contributed by atoms with E-state index in [1.807, 2.05) is 17.8 Å². The maximum absolute atomic E-state index is 13.5. The molecule has 4 aliphatic carbocycles. The summed E-state index contributed by atoms with van der Waals surface area (Å²) in [7, 11) is 0. The van der Waals surface area contributed by atoms with Crippen LogP contribution < -0.4 is 0 Å². The number of hydrogen-bond donors (Lipinski definition) is 3. The van der Waals surface area contributed by atoms with Crippen molar-refractivity contribution in [3.05, 3.63) is 53.1 Å². The minimum absolute atomic E-state index is 0.0227. The first-order chi connectivity index (χ1) is 16.6. The normalized spacial score (nSPS) is 39.8. The number of aliphatic hydroxyl groups is 3. The number of halogens is 1. The van der Waals surface area contributed by atoms with Crippen molar-refractivity contribution in [3.8, 4) is 5.69 Å². The summed E-state index contributed by atoms with van der Waals surface area (Å²) < 4.78 is 15.3. The van der Waals surface area contributed by atoms with Crippen molar-refractivity contribution in [3.63, 3.8) is 0 Å². The van der Waals surface area contributed by atoms with Crippen molar-refractivity contribution < 1.29 is 24.5 Å². The maximum Gasteiger partial charge on any atom is 0.190 e. The van der Waals surface area contributed by atoms with Crippen LogP contribution in [0.5, 0.6) is 0 Å². The van der Waals surface area contributed by atoms with Crippen molar-refractivity contribution in [1.29, 1.82) is 0 Å². The van der Waals surface area contributed by atoms with Gasteiger partial charge in [0.25, 0.3) is 0 Å². The zero-order valence-electron chi connectivity index (χ0n) is 20.2. The number of fused-ring (bicyclic) bond motifs is 6. The van der Waals surface area contributed by atoms with E-state index < -0.39 is 29.5 Å². The first-order valence-corrected chi connectivity index (χ1v) is 12.7. The van der Waals surface area contributed by atoms with E-state index in [1.54, 1.807) is 12.1 Å². The quantitative estimate of drug-likeness (QED) is 0.626. The molecule has 0 aliphatic heterocycles. The van der Waals surface area contributed by atoms with Crippen LogP contribution in [0.25, 0.3) is 11.8 Å². The SMILES string of the molecule is C[C@]12Cc3cnn(-c4ccc(F)cc4)c3C=C1CCC1C2[C@@H](O)C[C@@]2(C)C1CC[C@]2(O)C(=O)CO. The molecule has 0 saturated heterocycles. The Bertz CT molecular complexity index is 1220. The third-order valence-electron chi connectivity index (χ3n) is 10.3. The summed E-state index contributed by atoms with van der Waals surface area (Å²) in [6.45, 7) is 3.52. The Hall–Kier alpha value is -2.35. The number of rotatable bonds is 3. The highest BCUT2D eigenvalue weighted by atomic mass is 19.1. The van der Waals surface area contributed by atoms with Crippen LogP contribution >= 0.6 is 0 Å². The van der Waals surface area contributed by atoms with Gasteiger partial charge in [-0.05, 0) is 97.6 Å². The molecule has 3 unspecified atom stereocenters. The second-order valence-corrected chi connectivity index (χ2v) is 11.7. The first-order valence-electron chi connectivity index (χ1n) is 12.7. The molecular formula is C28H33FN2O4. The molecule has 0 radical (unpaired) electrons. The molecular weight excluding hydrogens is 447 g/mol. The lowest BCUT2D eigenvalue weighted by Gasteiger charge is -2.60. The number of benzene rings is 1. The highest BCUT2D eigenvalue weighted by Crippen LogP contribution is 2.67. The molecule has 7 atom stereocenters. The standard InChI is InChI=1S/C28H33FN2O4/c1-26-12-16-14-30-31(19-6-4-18(29)5-7-19)22(16)11-17(26)3-8-20-21-9-10-28(35,24(34)15-32)27(21,2)13-23(33)25(20)26/h4-7,11,14,20-21,23,25,32-33,35H,3,8-10,12-13,15H2,1-2H3/t20?,21?,23-,25?,26-,27-,28-/m0/s1. The Morgan fingerprint density at radius 2 is 1.97 bits per heavy atom. The van der Waals surface area contributed by atoms with Crippen molar-refractivity contribution in [2.24, 2.45) is 28.6 Å². The molecule has 7 heteroatoms. The molecule has 3 fully saturated rings. The number of aromatic nitrogens is 2. The summed E-state index contributed by atoms with van der Waals surface area (Å²) in [6, 6.07) is 6.34. The molecule has 1 aromatic carbocycles. The van der Waals surface area contributed by atoms with Gasteiger partial charge in [-0.25, -0.2) is 9.07 Å². The summed E-state index contributed by atoms with van der Waals surface area (Å²) >= 11 is 0. The topological polar surface area (TPSA) is 95.6 Å². The third kappa shape index (κ3) is 2.98. The predicted octanol–water partition coefficient (Wildman–Crippen LogP) is 3.46. The highest BCUT2D eigenvalue weighted by molar-refractivity contribution is 5.89. The lowest BCUT2D eigenvalue weighted by Crippen LogP contribution is -2.62. The summed E-state index contributed by atoms with van der Waals surface area (Å²) in [5, 5.41) is 37.2. The molecule has 6 nitrogen and oxygen atoms in total. The van der Waals surface area contributed by atoms with E-state index in [1.165, 1.54) is 17.7 Å². The number of allylic oxidation sites excluding steroid dienone is 1. The fourth-order valence-corrected chi connectivity index (χ4v) is 8.57. The van der Waals surface area contributed by atoms with Gasteiger partial charge in [-0.2, -0.15) is 5.10 Å². The Labute approximate surface area is 204 Å². The lowest BCUT2D eigenvalue weighted by atomic mass is 9.45. The van der Waals surface area contributed by atoms with E-state index in [2.05, 4.69) is 18.1 Å². The zero-order chi connectivity index (χ0) is 24.8. The van der Waals surface area contributed by atoms with Crippen LogP contribution in [-0.2, 0) is 11.2 Å². The molecule has 0 bridgehead atoms. The largest absolute Gasteiger partial charge is 0.393 e. The second-order valence-electron chi connectivity index (χ2n) is 11.7. The van der Waals surface area contributed by atoms with Crippen LogP contribution in [0.4, 0.5) is 4.39 Å². The smallest absolute Gasteiger partial charge is 0.190 e. The number of aliphatic hydroxyl groups excluding tert-OH is 2. The molecule has 0 spiro atoms. The summed E-state index contributed by atoms with van der Waals surface area (Å²) in [5.41, 5.74) is 1.69. The molecule has 3 saturated carbocycles. The second kappa shape index (κ2) is 7.58. The lowest BCUT2D eigenvalue weighted by molar-refractivity contribution is -0.181.